The number of nitrogens with zero attached hydrogens (tertiary/aromatic N) is 3. The van der Waals surface area contributed by atoms with E-state index < -0.39 is 0 Å². The molecule has 0 saturated carbocycles. The van der Waals surface area contributed by atoms with E-state index in [1.807, 2.05) is 29.8 Å². The highest BCUT2D eigenvalue weighted by Gasteiger charge is 2.13. The van der Waals surface area contributed by atoms with Crippen LogP contribution in [0, 0.1) is 0 Å². The van der Waals surface area contributed by atoms with Gasteiger partial charge in [0.05, 0.1) is 22.8 Å². The topological polar surface area (TPSA) is 72.5 Å². The molecule has 3 aromatic rings. The van der Waals surface area contributed by atoms with Gasteiger partial charge in [-0.05, 0) is 18.2 Å². The molecule has 0 amide bonds. The lowest BCUT2D eigenvalue weighted by Gasteiger charge is -2.00. The summed E-state index contributed by atoms with van der Waals surface area (Å²) in [7, 11) is 1.96. The Bertz CT molecular complexity index is 697. The van der Waals surface area contributed by atoms with Crippen molar-refractivity contribution in [3.63, 3.8) is 0 Å². The smallest absolute Gasteiger partial charge is 0.146 e. The number of H-pyrrole nitrogens is 1. The van der Waals surface area contributed by atoms with Gasteiger partial charge in [-0.1, -0.05) is 15.9 Å². The molecule has 5 nitrogen and oxygen atoms in total. The summed E-state index contributed by atoms with van der Waals surface area (Å²) in [5, 5.41) is 6.63. The molecule has 0 atom stereocenters. The molecule has 17 heavy (non-hydrogen) atoms. The van der Waals surface area contributed by atoms with E-state index in [0.29, 0.717) is 5.82 Å². The molecule has 0 unspecified atom stereocenters. The first kappa shape index (κ1) is 10.3. The van der Waals surface area contributed by atoms with Crippen LogP contribution < -0.4 is 5.73 Å². The molecule has 86 valence electrons. The predicted molar refractivity (Wildman–Crippen MR) is 70.4 cm³/mol. The largest absolute Gasteiger partial charge is 0.383 e. The van der Waals surface area contributed by atoms with Crippen molar-refractivity contribution in [2.75, 3.05) is 5.73 Å². The number of fused-ring (bicyclic) bond motifs is 1. The van der Waals surface area contributed by atoms with Crippen molar-refractivity contribution >= 4 is 32.8 Å². The number of anilines is 1. The second-order valence-corrected chi connectivity index (χ2v) is 4.74. The summed E-state index contributed by atoms with van der Waals surface area (Å²) in [6.07, 6.45) is 1.69. The molecule has 0 saturated heterocycles. The molecule has 1 aromatic carbocycles. The molecule has 2 heterocycles. The van der Waals surface area contributed by atoms with Crippen molar-refractivity contribution in [3.05, 3.63) is 28.9 Å². The number of aromatic nitrogens is 4. The van der Waals surface area contributed by atoms with Gasteiger partial charge in [-0.25, -0.2) is 4.98 Å². The van der Waals surface area contributed by atoms with Gasteiger partial charge in [-0.3, -0.25) is 5.10 Å². The van der Waals surface area contributed by atoms with Gasteiger partial charge in [0.2, 0.25) is 0 Å². The Hall–Kier alpha value is -1.82. The average Bonchev–Trinajstić information content (AvgIpc) is 2.83. The van der Waals surface area contributed by atoms with E-state index in [2.05, 4.69) is 31.1 Å². The number of imidazole rings is 1. The number of aromatic amines is 1. The molecule has 3 N–H and O–H groups in total. The van der Waals surface area contributed by atoms with Gasteiger partial charge < -0.3 is 10.3 Å². The first-order chi connectivity index (χ1) is 8.16. The maximum atomic E-state index is 5.81. The highest BCUT2D eigenvalue weighted by Crippen LogP contribution is 2.27. The van der Waals surface area contributed by atoms with E-state index in [1.165, 1.54) is 0 Å². The Balaban J connectivity index is 2.31. The SMILES string of the molecule is Cn1c(-c2cn[nH]c2N)nc2cc(Br)ccc21. The number of hydrogen-bond donors (Lipinski definition) is 2. The molecule has 0 bridgehead atoms. The van der Waals surface area contributed by atoms with Crippen LogP contribution in [-0.4, -0.2) is 19.7 Å². The minimum Gasteiger partial charge on any atom is -0.383 e. The van der Waals surface area contributed by atoms with Gasteiger partial charge in [-0.15, -0.1) is 0 Å². The van der Waals surface area contributed by atoms with Crippen LogP contribution in [0.15, 0.2) is 28.9 Å². The number of nitrogens with one attached hydrogen (secondary N) is 1. The van der Waals surface area contributed by atoms with Crippen LogP contribution in [0.4, 0.5) is 5.82 Å². The molecule has 0 aliphatic rings. The van der Waals surface area contributed by atoms with E-state index in [1.54, 1.807) is 6.20 Å². The molecular weight excluding hydrogens is 282 g/mol. The normalized spacial score (nSPS) is 11.2. The van der Waals surface area contributed by atoms with Gasteiger partial charge in [0, 0.05) is 11.5 Å². The van der Waals surface area contributed by atoms with Crippen LogP contribution in [-0.2, 0) is 7.05 Å². The number of aryl methyl sites for hydroxylation is 1. The summed E-state index contributed by atoms with van der Waals surface area (Å²) in [5.41, 5.74) is 8.62. The zero-order valence-corrected chi connectivity index (χ0v) is 10.7. The standard InChI is InChI=1S/C11H10BrN5/c1-17-9-3-2-6(12)4-8(9)15-11(17)7-5-14-16-10(7)13/h2-5H,1H3,(H3,13,14,16). The van der Waals surface area contributed by atoms with Gasteiger partial charge in [-0.2, -0.15) is 5.10 Å². The fourth-order valence-electron chi connectivity index (χ4n) is 1.89. The van der Waals surface area contributed by atoms with Crippen molar-refractivity contribution in [3.8, 4) is 11.4 Å². The Labute approximate surface area is 106 Å². The average molecular weight is 292 g/mol. The zero-order valence-electron chi connectivity index (χ0n) is 9.11. The summed E-state index contributed by atoms with van der Waals surface area (Å²) in [6, 6.07) is 5.99. The predicted octanol–water partition coefficient (Wildman–Crippen LogP) is 2.31. The van der Waals surface area contributed by atoms with Crippen molar-refractivity contribution in [2.24, 2.45) is 7.05 Å². The number of rotatable bonds is 1. The van der Waals surface area contributed by atoms with Crippen LogP contribution in [0.25, 0.3) is 22.4 Å². The van der Waals surface area contributed by atoms with E-state index in [0.717, 1.165) is 26.9 Å². The van der Waals surface area contributed by atoms with Crippen molar-refractivity contribution < 1.29 is 0 Å². The van der Waals surface area contributed by atoms with E-state index in [4.69, 9.17) is 5.73 Å². The molecule has 0 aliphatic carbocycles. The first-order valence-corrected chi connectivity index (χ1v) is 5.87. The van der Waals surface area contributed by atoms with Gasteiger partial charge in [0.1, 0.15) is 11.6 Å². The van der Waals surface area contributed by atoms with Crippen molar-refractivity contribution in [2.45, 2.75) is 0 Å². The molecular formula is C11H10BrN5. The maximum absolute atomic E-state index is 5.81. The lowest BCUT2D eigenvalue weighted by atomic mass is 10.3. The summed E-state index contributed by atoms with van der Waals surface area (Å²) in [4.78, 5) is 4.57. The van der Waals surface area contributed by atoms with Crippen LogP contribution >= 0.6 is 15.9 Å². The summed E-state index contributed by atoms with van der Waals surface area (Å²) < 4.78 is 3.01. The number of nitrogen functional groups attached to an aromatic ring is 1. The van der Waals surface area contributed by atoms with E-state index in [-0.39, 0.29) is 0 Å². The molecule has 0 aliphatic heterocycles. The van der Waals surface area contributed by atoms with E-state index >= 15 is 0 Å². The molecule has 6 heteroatoms. The quantitative estimate of drug-likeness (QED) is 0.723. The van der Waals surface area contributed by atoms with Gasteiger partial charge >= 0.3 is 0 Å². The minimum atomic E-state index is 0.530. The summed E-state index contributed by atoms with van der Waals surface area (Å²) in [6.45, 7) is 0. The number of hydrogen-bond acceptors (Lipinski definition) is 3. The molecule has 0 radical (unpaired) electrons. The second kappa shape index (κ2) is 3.59. The van der Waals surface area contributed by atoms with Crippen molar-refractivity contribution in [1.82, 2.24) is 19.7 Å². The van der Waals surface area contributed by atoms with E-state index in [9.17, 15) is 0 Å². The van der Waals surface area contributed by atoms with Crippen LogP contribution in [0.2, 0.25) is 0 Å². The van der Waals surface area contributed by atoms with Crippen LogP contribution in [0.3, 0.4) is 0 Å². The van der Waals surface area contributed by atoms with Gasteiger partial charge in [0.15, 0.2) is 0 Å². The third-order valence-electron chi connectivity index (χ3n) is 2.75. The van der Waals surface area contributed by atoms with Gasteiger partial charge in [0.25, 0.3) is 0 Å². The fraction of sp³-hybridized carbons (Fsp3) is 0.0909. The molecule has 0 fully saturated rings. The number of nitrogens with two attached hydrogens (primary N) is 1. The lowest BCUT2D eigenvalue weighted by Crippen LogP contribution is -1.94. The highest BCUT2D eigenvalue weighted by atomic mass is 79.9. The summed E-state index contributed by atoms with van der Waals surface area (Å²) >= 11 is 3.44. The van der Waals surface area contributed by atoms with Crippen LogP contribution in [0.5, 0.6) is 0 Å². The second-order valence-electron chi connectivity index (χ2n) is 3.82. The van der Waals surface area contributed by atoms with Crippen molar-refractivity contribution in [1.29, 1.82) is 0 Å². The number of benzene rings is 1. The Kier molecular flexibility index (Phi) is 2.19. The first-order valence-electron chi connectivity index (χ1n) is 5.08. The Morgan fingerprint density at radius 2 is 2.24 bits per heavy atom. The molecule has 0 spiro atoms. The number of halogens is 1. The maximum Gasteiger partial charge on any atom is 0.146 e. The Morgan fingerprint density at radius 1 is 1.41 bits per heavy atom. The zero-order chi connectivity index (χ0) is 12.0. The fourth-order valence-corrected chi connectivity index (χ4v) is 2.24. The summed E-state index contributed by atoms with van der Waals surface area (Å²) in [5.74, 6) is 1.34. The highest BCUT2D eigenvalue weighted by molar-refractivity contribution is 9.10. The molecule has 2 aromatic heterocycles. The molecule has 3 rings (SSSR count). The third-order valence-corrected chi connectivity index (χ3v) is 3.25. The monoisotopic (exact) mass is 291 g/mol. The third kappa shape index (κ3) is 1.52. The Morgan fingerprint density at radius 3 is 2.94 bits per heavy atom. The van der Waals surface area contributed by atoms with Crippen LogP contribution in [0.1, 0.15) is 0 Å². The minimum absolute atomic E-state index is 0.530. The lowest BCUT2D eigenvalue weighted by molar-refractivity contribution is 0.960.